The molecule has 2 rings (SSSR count). The van der Waals surface area contributed by atoms with E-state index >= 15 is 0 Å². The largest absolute Gasteiger partial charge is 0.497 e. The van der Waals surface area contributed by atoms with Crippen LogP contribution < -0.4 is 14.8 Å². The summed E-state index contributed by atoms with van der Waals surface area (Å²) in [5.74, 6) is 2.44. The summed E-state index contributed by atoms with van der Waals surface area (Å²) >= 11 is 0. The predicted molar refractivity (Wildman–Crippen MR) is 79.4 cm³/mol. The fraction of sp³-hybridized carbons (Fsp3) is 0.625. The SMILES string of the molecule is CCNCc1cc(OC)ccc1OCC1CCOCC1. The molecule has 1 N–H and O–H groups in total. The number of nitrogens with one attached hydrogen (secondary N) is 1. The summed E-state index contributed by atoms with van der Waals surface area (Å²) in [6.45, 7) is 6.34. The van der Waals surface area contributed by atoms with Crippen molar-refractivity contribution in [3.63, 3.8) is 0 Å². The molecule has 1 saturated heterocycles. The molecule has 0 saturated carbocycles. The molecule has 4 nitrogen and oxygen atoms in total. The smallest absolute Gasteiger partial charge is 0.124 e. The van der Waals surface area contributed by atoms with Crippen LogP contribution in [0.15, 0.2) is 18.2 Å². The van der Waals surface area contributed by atoms with Crippen molar-refractivity contribution in [1.29, 1.82) is 0 Å². The maximum atomic E-state index is 6.02. The average molecular weight is 279 g/mol. The Kier molecular flexibility index (Phi) is 6.15. The summed E-state index contributed by atoms with van der Waals surface area (Å²) in [6.07, 6.45) is 2.19. The standard InChI is InChI=1S/C16H25NO3/c1-3-17-11-14-10-15(18-2)4-5-16(14)20-12-13-6-8-19-9-7-13/h4-5,10,13,17H,3,6-9,11-12H2,1-2H3. The minimum Gasteiger partial charge on any atom is -0.497 e. The Morgan fingerprint density at radius 3 is 2.80 bits per heavy atom. The van der Waals surface area contributed by atoms with E-state index in [1.54, 1.807) is 7.11 Å². The van der Waals surface area contributed by atoms with Crippen molar-refractivity contribution in [2.45, 2.75) is 26.3 Å². The normalized spacial score (nSPS) is 16.1. The second-order valence-electron chi connectivity index (χ2n) is 5.12. The zero-order valence-corrected chi connectivity index (χ0v) is 12.5. The fourth-order valence-electron chi connectivity index (χ4n) is 2.34. The van der Waals surface area contributed by atoms with Gasteiger partial charge in [0.1, 0.15) is 11.5 Å². The second kappa shape index (κ2) is 8.12. The molecule has 1 aromatic carbocycles. The topological polar surface area (TPSA) is 39.7 Å². The van der Waals surface area contributed by atoms with Gasteiger partial charge in [0.15, 0.2) is 0 Å². The quantitative estimate of drug-likeness (QED) is 0.833. The van der Waals surface area contributed by atoms with Gasteiger partial charge < -0.3 is 19.5 Å². The molecule has 112 valence electrons. The Morgan fingerprint density at radius 1 is 1.30 bits per heavy atom. The van der Waals surface area contributed by atoms with Gasteiger partial charge in [-0.3, -0.25) is 0 Å². The Labute approximate surface area is 121 Å². The van der Waals surface area contributed by atoms with Gasteiger partial charge in [0.05, 0.1) is 13.7 Å². The van der Waals surface area contributed by atoms with Crippen LogP contribution in [0.1, 0.15) is 25.3 Å². The number of methoxy groups -OCH3 is 1. The van der Waals surface area contributed by atoms with Crippen LogP contribution in [0.2, 0.25) is 0 Å². The van der Waals surface area contributed by atoms with Crippen molar-refractivity contribution in [3.05, 3.63) is 23.8 Å². The monoisotopic (exact) mass is 279 g/mol. The minimum atomic E-state index is 0.609. The number of hydrogen-bond donors (Lipinski definition) is 1. The molecular formula is C16H25NO3. The van der Waals surface area contributed by atoms with Crippen LogP contribution in [-0.2, 0) is 11.3 Å². The lowest BCUT2D eigenvalue weighted by atomic mass is 10.0. The summed E-state index contributed by atoms with van der Waals surface area (Å²) < 4.78 is 16.7. The molecule has 0 amide bonds. The molecule has 0 atom stereocenters. The van der Waals surface area contributed by atoms with Crippen LogP contribution in [0, 0.1) is 5.92 Å². The molecule has 1 heterocycles. The number of benzene rings is 1. The summed E-state index contributed by atoms with van der Waals surface area (Å²) in [4.78, 5) is 0. The van der Waals surface area contributed by atoms with E-state index in [9.17, 15) is 0 Å². The van der Waals surface area contributed by atoms with Crippen molar-refractivity contribution in [2.75, 3.05) is 33.5 Å². The lowest BCUT2D eigenvalue weighted by Gasteiger charge is -2.23. The van der Waals surface area contributed by atoms with E-state index in [-0.39, 0.29) is 0 Å². The minimum absolute atomic E-state index is 0.609. The van der Waals surface area contributed by atoms with Crippen LogP contribution in [0.25, 0.3) is 0 Å². The van der Waals surface area contributed by atoms with Gasteiger partial charge in [0.2, 0.25) is 0 Å². The Bertz CT molecular complexity index is 403. The first-order chi connectivity index (χ1) is 9.83. The highest BCUT2D eigenvalue weighted by atomic mass is 16.5. The van der Waals surface area contributed by atoms with E-state index in [1.807, 2.05) is 18.2 Å². The van der Waals surface area contributed by atoms with Gasteiger partial charge in [0, 0.05) is 25.3 Å². The highest BCUT2D eigenvalue weighted by molar-refractivity contribution is 5.40. The van der Waals surface area contributed by atoms with Gasteiger partial charge in [-0.25, -0.2) is 0 Å². The third-order valence-corrected chi connectivity index (χ3v) is 3.65. The summed E-state index contributed by atoms with van der Waals surface area (Å²) in [7, 11) is 1.69. The molecule has 0 unspecified atom stereocenters. The third-order valence-electron chi connectivity index (χ3n) is 3.65. The van der Waals surface area contributed by atoms with Gasteiger partial charge in [-0.2, -0.15) is 0 Å². The molecule has 1 aliphatic heterocycles. The van der Waals surface area contributed by atoms with Crippen molar-refractivity contribution in [1.82, 2.24) is 5.32 Å². The van der Waals surface area contributed by atoms with E-state index in [0.29, 0.717) is 5.92 Å². The van der Waals surface area contributed by atoms with Crippen LogP contribution in [0.5, 0.6) is 11.5 Å². The first kappa shape index (κ1) is 15.1. The first-order valence-electron chi connectivity index (χ1n) is 7.41. The molecule has 0 aliphatic carbocycles. The van der Waals surface area contributed by atoms with Crippen LogP contribution in [0.4, 0.5) is 0 Å². The summed E-state index contributed by atoms with van der Waals surface area (Å²) in [5, 5.41) is 3.34. The van der Waals surface area contributed by atoms with Crippen LogP contribution >= 0.6 is 0 Å². The Balaban J connectivity index is 1.97. The molecular weight excluding hydrogens is 254 g/mol. The molecule has 1 aliphatic rings. The van der Waals surface area contributed by atoms with Gasteiger partial charge in [-0.15, -0.1) is 0 Å². The lowest BCUT2D eigenvalue weighted by Crippen LogP contribution is -2.22. The first-order valence-corrected chi connectivity index (χ1v) is 7.41. The second-order valence-corrected chi connectivity index (χ2v) is 5.12. The van der Waals surface area contributed by atoms with Gasteiger partial charge in [-0.1, -0.05) is 6.92 Å². The van der Waals surface area contributed by atoms with E-state index < -0.39 is 0 Å². The van der Waals surface area contributed by atoms with Crippen molar-refractivity contribution in [2.24, 2.45) is 5.92 Å². The number of ether oxygens (including phenoxy) is 3. The molecule has 0 bridgehead atoms. The van der Waals surface area contributed by atoms with Gasteiger partial charge >= 0.3 is 0 Å². The summed E-state index contributed by atoms with van der Waals surface area (Å²) in [6, 6.07) is 6.00. The zero-order chi connectivity index (χ0) is 14.2. The van der Waals surface area contributed by atoms with E-state index in [4.69, 9.17) is 14.2 Å². The summed E-state index contributed by atoms with van der Waals surface area (Å²) in [5.41, 5.74) is 1.15. The van der Waals surface area contributed by atoms with Gasteiger partial charge in [0.25, 0.3) is 0 Å². The molecule has 0 radical (unpaired) electrons. The highest BCUT2D eigenvalue weighted by Gasteiger charge is 2.15. The molecule has 1 aromatic rings. The molecule has 1 fully saturated rings. The Hall–Kier alpha value is -1.26. The molecule has 4 heteroatoms. The zero-order valence-electron chi connectivity index (χ0n) is 12.5. The number of rotatable bonds is 7. The van der Waals surface area contributed by atoms with E-state index in [0.717, 1.165) is 62.8 Å². The van der Waals surface area contributed by atoms with Crippen molar-refractivity contribution >= 4 is 0 Å². The molecule has 20 heavy (non-hydrogen) atoms. The fourth-order valence-corrected chi connectivity index (χ4v) is 2.34. The van der Waals surface area contributed by atoms with Gasteiger partial charge in [-0.05, 0) is 43.5 Å². The third kappa shape index (κ3) is 4.39. The van der Waals surface area contributed by atoms with Crippen LogP contribution in [0.3, 0.4) is 0 Å². The maximum absolute atomic E-state index is 6.02. The number of hydrogen-bond acceptors (Lipinski definition) is 4. The predicted octanol–water partition coefficient (Wildman–Crippen LogP) is 2.61. The Morgan fingerprint density at radius 2 is 2.10 bits per heavy atom. The maximum Gasteiger partial charge on any atom is 0.124 e. The average Bonchev–Trinajstić information content (AvgIpc) is 2.52. The highest BCUT2D eigenvalue weighted by Crippen LogP contribution is 2.25. The van der Waals surface area contributed by atoms with Crippen LogP contribution in [-0.4, -0.2) is 33.5 Å². The van der Waals surface area contributed by atoms with E-state index in [1.165, 1.54) is 0 Å². The van der Waals surface area contributed by atoms with Crippen molar-refractivity contribution < 1.29 is 14.2 Å². The molecule has 0 aromatic heterocycles. The molecule has 0 spiro atoms. The van der Waals surface area contributed by atoms with Crippen molar-refractivity contribution in [3.8, 4) is 11.5 Å². The lowest BCUT2D eigenvalue weighted by molar-refractivity contribution is 0.0496. The van der Waals surface area contributed by atoms with E-state index in [2.05, 4.69) is 12.2 Å².